The van der Waals surface area contributed by atoms with Crippen LogP contribution in [0.4, 0.5) is 5.69 Å². The first kappa shape index (κ1) is 17.2. The van der Waals surface area contributed by atoms with Gasteiger partial charge in [-0.1, -0.05) is 42.5 Å². The monoisotopic (exact) mass is 357 g/mol. The molecule has 1 N–H and O–H groups in total. The van der Waals surface area contributed by atoms with E-state index in [4.69, 9.17) is 11.6 Å². The number of anilines is 1. The molecule has 2 aromatic heterocycles. The highest BCUT2D eigenvalue weighted by Gasteiger charge is 2.22. The van der Waals surface area contributed by atoms with Crippen molar-refractivity contribution in [3.05, 3.63) is 75.7 Å². The van der Waals surface area contributed by atoms with Gasteiger partial charge in [0.1, 0.15) is 10.8 Å². The quantitative estimate of drug-likeness (QED) is 0.835. The molecule has 0 atom stereocenters. The maximum atomic E-state index is 11.7. The van der Waals surface area contributed by atoms with Crippen molar-refractivity contribution in [3.63, 3.8) is 0 Å². The molecular formula is C18H20ClN5O. The van der Waals surface area contributed by atoms with Gasteiger partial charge in [0.2, 0.25) is 0 Å². The van der Waals surface area contributed by atoms with E-state index in [1.807, 2.05) is 36.2 Å². The van der Waals surface area contributed by atoms with Crippen LogP contribution < -0.4 is 10.5 Å². The van der Waals surface area contributed by atoms with Crippen molar-refractivity contribution in [2.45, 2.75) is 26.4 Å². The van der Waals surface area contributed by atoms with Crippen LogP contribution in [0.3, 0.4) is 0 Å². The lowest BCUT2D eigenvalue weighted by atomic mass is 10.1. The number of aromatic nitrogens is 4. The highest BCUT2D eigenvalue weighted by molar-refractivity contribution is 6.32. The summed E-state index contributed by atoms with van der Waals surface area (Å²) in [5.74, 6) is 0.951. The number of H-pyrrole nitrogens is 1. The van der Waals surface area contributed by atoms with Crippen LogP contribution in [-0.2, 0) is 19.5 Å². The first-order valence-electron chi connectivity index (χ1n) is 8.09. The van der Waals surface area contributed by atoms with Crippen molar-refractivity contribution < 1.29 is 0 Å². The second kappa shape index (κ2) is 7.53. The van der Waals surface area contributed by atoms with Gasteiger partial charge >= 0.3 is 0 Å². The lowest BCUT2D eigenvalue weighted by Gasteiger charge is -2.30. The average Bonchev–Trinajstić information content (AvgIpc) is 3.03. The number of halogens is 1. The van der Waals surface area contributed by atoms with Crippen LogP contribution in [0.1, 0.15) is 18.4 Å². The van der Waals surface area contributed by atoms with E-state index >= 15 is 0 Å². The SMILES string of the molecule is C=C/C(=C\C=C/C)Cc1cnc2n1CCN(c1cn[nH]c(=O)c1Cl)C2. The average molecular weight is 358 g/mol. The van der Waals surface area contributed by atoms with E-state index in [0.717, 1.165) is 36.6 Å². The molecule has 0 spiro atoms. The predicted molar refractivity (Wildman–Crippen MR) is 99.9 cm³/mol. The molecule has 0 bridgehead atoms. The summed E-state index contributed by atoms with van der Waals surface area (Å²) in [6.07, 6.45) is 12.2. The van der Waals surface area contributed by atoms with E-state index in [9.17, 15) is 4.79 Å². The van der Waals surface area contributed by atoms with E-state index in [0.29, 0.717) is 12.2 Å². The van der Waals surface area contributed by atoms with Gasteiger partial charge in [-0.2, -0.15) is 5.10 Å². The molecule has 25 heavy (non-hydrogen) atoms. The largest absolute Gasteiger partial charge is 0.360 e. The Morgan fingerprint density at radius 2 is 2.28 bits per heavy atom. The fraction of sp³-hybridized carbons (Fsp3) is 0.278. The van der Waals surface area contributed by atoms with Crippen molar-refractivity contribution >= 4 is 17.3 Å². The molecule has 0 fully saturated rings. The normalized spacial score (nSPS) is 14.8. The lowest BCUT2D eigenvalue weighted by molar-refractivity contribution is 0.546. The lowest BCUT2D eigenvalue weighted by Crippen LogP contribution is -2.35. The summed E-state index contributed by atoms with van der Waals surface area (Å²) >= 11 is 6.12. The van der Waals surface area contributed by atoms with E-state index in [-0.39, 0.29) is 10.6 Å². The van der Waals surface area contributed by atoms with Crippen LogP contribution >= 0.6 is 11.6 Å². The third-order valence-electron chi connectivity index (χ3n) is 4.21. The minimum Gasteiger partial charge on any atom is -0.360 e. The minimum atomic E-state index is -0.376. The third kappa shape index (κ3) is 3.58. The van der Waals surface area contributed by atoms with Gasteiger partial charge in [-0.05, 0) is 12.5 Å². The number of allylic oxidation sites excluding steroid dienone is 5. The molecule has 3 heterocycles. The molecule has 6 nitrogen and oxygen atoms in total. The first-order valence-corrected chi connectivity index (χ1v) is 8.47. The van der Waals surface area contributed by atoms with Gasteiger partial charge in [-0.3, -0.25) is 4.79 Å². The zero-order chi connectivity index (χ0) is 17.8. The maximum Gasteiger partial charge on any atom is 0.285 e. The van der Waals surface area contributed by atoms with Crippen LogP contribution in [0.15, 0.2) is 53.6 Å². The molecule has 0 unspecified atom stereocenters. The first-order chi connectivity index (χ1) is 12.1. The molecule has 0 amide bonds. The van der Waals surface area contributed by atoms with Crippen molar-refractivity contribution in [1.29, 1.82) is 0 Å². The zero-order valence-corrected chi connectivity index (χ0v) is 14.8. The highest BCUT2D eigenvalue weighted by Crippen LogP contribution is 2.25. The van der Waals surface area contributed by atoms with Gasteiger partial charge in [0, 0.05) is 31.4 Å². The van der Waals surface area contributed by atoms with Crippen LogP contribution in [0.5, 0.6) is 0 Å². The van der Waals surface area contributed by atoms with E-state index in [1.165, 1.54) is 0 Å². The molecule has 2 aromatic rings. The Bertz CT molecular complexity index is 893. The summed E-state index contributed by atoms with van der Waals surface area (Å²) in [5.41, 5.74) is 2.56. The Hall–Kier alpha value is -2.60. The van der Waals surface area contributed by atoms with Gasteiger partial charge in [0.25, 0.3) is 5.56 Å². The topological polar surface area (TPSA) is 66.8 Å². The molecule has 0 saturated carbocycles. The number of imidazole rings is 1. The summed E-state index contributed by atoms with van der Waals surface area (Å²) in [4.78, 5) is 18.2. The van der Waals surface area contributed by atoms with E-state index in [1.54, 1.807) is 6.20 Å². The Morgan fingerprint density at radius 3 is 3.04 bits per heavy atom. The zero-order valence-electron chi connectivity index (χ0n) is 14.1. The Morgan fingerprint density at radius 1 is 1.44 bits per heavy atom. The highest BCUT2D eigenvalue weighted by atomic mass is 35.5. The summed E-state index contributed by atoms with van der Waals surface area (Å²) < 4.78 is 2.22. The van der Waals surface area contributed by atoms with Crippen molar-refractivity contribution in [2.24, 2.45) is 0 Å². The van der Waals surface area contributed by atoms with Crippen LogP contribution in [0.25, 0.3) is 0 Å². The summed E-state index contributed by atoms with van der Waals surface area (Å²) in [6, 6.07) is 0. The Kier molecular flexibility index (Phi) is 5.19. The molecular weight excluding hydrogens is 338 g/mol. The second-order valence-corrected chi connectivity index (χ2v) is 6.16. The van der Waals surface area contributed by atoms with Crippen molar-refractivity contribution in [3.8, 4) is 0 Å². The smallest absolute Gasteiger partial charge is 0.285 e. The number of fused-ring (bicyclic) bond motifs is 1. The third-order valence-corrected chi connectivity index (χ3v) is 4.58. The molecule has 1 aliphatic rings. The summed E-state index contributed by atoms with van der Waals surface area (Å²) in [7, 11) is 0. The number of nitrogens with zero attached hydrogens (tertiary/aromatic N) is 4. The number of rotatable bonds is 5. The number of hydrogen-bond acceptors (Lipinski definition) is 4. The van der Waals surface area contributed by atoms with E-state index in [2.05, 4.69) is 32.4 Å². The molecule has 0 aliphatic carbocycles. The van der Waals surface area contributed by atoms with Gasteiger partial charge in [0.05, 0.1) is 18.4 Å². The minimum absolute atomic E-state index is 0.165. The molecule has 130 valence electrons. The fourth-order valence-electron chi connectivity index (χ4n) is 2.89. The molecule has 0 saturated heterocycles. The van der Waals surface area contributed by atoms with Crippen LogP contribution in [-0.4, -0.2) is 26.3 Å². The van der Waals surface area contributed by atoms with Gasteiger partial charge < -0.3 is 9.47 Å². The van der Waals surface area contributed by atoms with Crippen molar-refractivity contribution in [1.82, 2.24) is 19.7 Å². The van der Waals surface area contributed by atoms with Gasteiger partial charge in [-0.15, -0.1) is 0 Å². The van der Waals surface area contributed by atoms with E-state index < -0.39 is 0 Å². The summed E-state index contributed by atoms with van der Waals surface area (Å²) in [6.45, 7) is 7.98. The second-order valence-electron chi connectivity index (χ2n) is 5.79. The fourth-order valence-corrected chi connectivity index (χ4v) is 3.10. The van der Waals surface area contributed by atoms with Gasteiger partial charge in [-0.25, -0.2) is 10.1 Å². The van der Waals surface area contributed by atoms with Crippen LogP contribution in [0.2, 0.25) is 5.02 Å². The molecule has 0 radical (unpaired) electrons. The van der Waals surface area contributed by atoms with Crippen LogP contribution in [0, 0.1) is 0 Å². The standard InChI is InChI=1S/C18H20ClN5O/c1-3-5-6-13(4-2)9-14-10-20-16-12-23(7-8-24(14)16)15-11-21-22-18(25)17(15)19/h3-6,10-11H,2,7-9,12H2,1H3,(H,22,25)/b5-3-,13-6+. The van der Waals surface area contributed by atoms with Gasteiger partial charge in [0.15, 0.2) is 0 Å². The molecule has 7 heteroatoms. The van der Waals surface area contributed by atoms with Crippen molar-refractivity contribution in [2.75, 3.05) is 11.4 Å². The number of aromatic amines is 1. The predicted octanol–water partition coefficient (Wildman–Crippen LogP) is 2.87. The summed E-state index contributed by atoms with van der Waals surface area (Å²) in [5, 5.41) is 6.35. The molecule has 0 aromatic carbocycles. The Balaban J connectivity index is 1.82. The number of nitrogens with one attached hydrogen (secondary N) is 1. The maximum absolute atomic E-state index is 11.7. The molecule has 1 aliphatic heterocycles. The number of hydrogen-bond donors (Lipinski definition) is 1. The molecule has 3 rings (SSSR count). The Labute approximate surface area is 151 Å².